The summed E-state index contributed by atoms with van der Waals surface area (Å²) in [4.78, 5) is 13.2. The molecule has 0 aliphatic carbocycles. The van der Waals surface area contributed by atoms with Gasteiger partial charge in [-0.2, -0.15) is 0 Å². The molecule has 0 saturated carbocycles. The molecule has 0 aliphatic heterocycles. The normalized spacial score (nSPS) is 12.8. The van der Waals surface area contributed by atoms with Gasteiger partial charge in [0.15, 0.2) is 0 Å². The number of rotatable bonds is 7. The predicted octanol–water partition coefficient (Wildman–Crippen LogP) is 2.85. The van der Waals surface area contributed by atoms with Gasteiger partial charge in [-0.15, -0.1) is 0 Å². The van der Waals surface area contributed by atoms with Gasteiger partial charge in [0.25, 0.3) is 0 Å². The summed E-state index contributed by atoms with van der Waals surface area (Å²) < 4.78 is 45.5. The van der Waals surface area contributed by atoms with Crippen molar-refractivity contribution in [3.8, 4) is 0 Å². The Morgan fingerprint density at radius 1 is 1.22 bits per heavy atom. The topological polar surface area (TPSA) is 75.7 Å². The molecule has 0 saturated heterocycles. The highest BCUT2D eigenvalue weighted by molar-refractivity contribution is 7.89. The maximum atomic E-state index is 13.1. The van der Waals surface area contributed by atoms with E-state index in [9.17, 15) is 17.6 Å². The van der Waals surface area contributed by atoms with E-state index in [0.29, 0.717) is 0 Å². The van der Waals surface area contributed by atoms with Crippen molar-refractivity contribution in [1.29, 1.82) is 0 Å². The van der Waals surface area contributed by atoms with Crippen LogP contribution in [0.2, 0.25) is 5.02 Å². The Morgan fingerprint density at radius 2 is 1.85 bits per heavy atom. The van der Waals surface area contributed by atoms with Crippen LogP contribution in [-0.4, -0.2) is 47.0 Å². The Hall–Kier alpha value is -2.00. The summed E-state index contributed by atoms with van der Waals surface area (Å²) >= 11 is 6.05. The largest absolute Gasteiger partial charge is 0.465 e. The Balaban J connectivity index is 2.22. The van der Waals surface area contributed by atoms with Gasteiger partial charge in [-0.3, -0.25) is 0 Å². The van der Waals surface area contributed by atoms with Crippen molar-refractivity contribution in [3.63, 3.8) is 0 Å². The summed E-state index contributed by atoms with van der Waals surface area (Å²) in [5.74, 6) is -0.980. The lowest BCUT2D eigenvalue weighted by Gasteiger charge is -2.25. The number of benzene rings is 2. The lowest BCUT2D eigenvalue weighted by atomic mass is 10.1. The minimum atomic E-state index is -3.92. The summed E-state index contributed by atoms with van der Waals surface area (Å²) in [5.41, 5.74) is 0.912. The highest BCUT2D eigenvalue weighted by atomic mass is 35.5. The Bertz CT molecular complexity index is 917. The lowest BCUT2D eigenvalue weighted by Crippen LogP contribution is -2.34. The highest BCUT2D eigenvalue weighted by Gasteiger charge is 2.22. The SMILES string of the molecule is COC(=O)c1ccc(S(=O)(=O)NCC(c2ccc(F)cc2)N(C)C)c(Cl)c1. The second kappa shape index (κ2) is 8.79. The number of carbonyl (C=O) groups excluding carboxylic acids is 1. The maximum absolute atomic E-state index is 13.1. The molecule has 2 aromatic rings. The Kier molecular flexibility index (Phi) is 6.94. The van der Waals surface area contributed by atoms with E-state index in [1.165, 1.54) is 37.4 Å². The van der Waals surface area contributed by atoms with Crippen molar-refractivity contribution in [2.45, 2.75) is 10.9 Å². The molecule has 146 valence electrons. The van der Waals surface area contributed by atoms with Crippen molar-refractivity contribution in [2.24, 2.45) is 0 Å². The molecule has 0 aliphatic rings. The van der Waals surface area contributed by atoms with Crippen LogP contribution in [0.1, 0.15) is 22.0 Å². The van der Waals surface area contributed by atoms with E-state index in [0.717, 1.165) is 5.56 Å². The van der Waals surface area contributed by atoms with E-state index >= 15 is 0 Å². The third-order valence-electron chi connectivity index (χ3n) is 3.99. The van der Waals surface area contributed by atoms with Crippen molar-refractivity contribution in [1.82, 2.24) is 9.62 Å². The maximum Gasteiger partial charge on any atom is 0.337 e. The predicted molar refractivity (Wildman–Crippen MR) is 101 cm³/mol. The first kappa shape index (κ1) is 21.3. The minimum absolute atomic E-state index is 0.0516. The van der Waals surface area contributed by atoms with Gasteiger partial charge in [0.1, 0.15) is 10.7 Å². The van der Waals surface area contributed by atoms with Crippen LogP contribution in [0.3, 0.4) is 0 Å². The molecule has 1 N–H and O–H groups in total. The first-order valence-corrected chi connectivity index (χ1v) is 9.81. The zero-order chi connectivity index (χ0) is 20.2. The molecule has 2 rings (SSSR count). The second-order valence-electron chi connectivity index (χ2n) is 6.02. The van der Waals surface area contributed by atoms with E-state index < -0.39 is 16.0 Å². The van der Waals surface area contributed by atoms with Gasteiger partial charge in [-0.05, 0) is 50.0 Å². The highest BCUT2D eigenvalue weighted by Crippen LogP contribution is 2.24. The molecule has 1 unspecified atom stereocenters. The summed E-state index contributed by atoms with van der Waals surface area (Å²) in [7, 11) is 0.886. The first-order chi connectivity index (χ1) is 12.7. The van der Waals surface area contributed by atoms with Gasteiger partial charge < -0.3 is 9.64 Å². The number of nitrogens with one attached hydrogen (secondary N) is 1. The molecule has 0 heterocycles. The van der Waals surface area contributed by atoms with E-state index in [1.54, 1.807) is 26.2 Å². The average molecular weight is 415 g/mol. The molecule has 9 heteroatoms. The fourth-order valence-corrected chi connectivity index (χ4v) is 4.09. The quantitative estimate of drug-likeness (QED) is 0.705. The number of nitrogens with zero attached hydrogens (tertiary/aromatic N) is 1. The Morgan fingerprint density at radius 3 is 2.37 bits per heavy atom. The fourth-order valence-electron chi connectivity index (χ4n) is 2.51. The molecule has 0 amide bonds. The average Bonchev–Trinajstić information content (AvgIpc) is 2.62. The van der Waals surface area contributed by atoms with E-state index in [4.69, 9.17) is 11.6 Å². The number of sulfonamides is 1. The van der Waals surface area contributed by atoms with Crippen molar-refractivity contribution < 1.29 is 22.3 Å². The number of hydrogen-bond acceptors (Lipinski definition) is 5. The van der Waals surface area contributed by atoms with Gasteiger partial charge in [0, 0.05) is 12.6 Å². The van der Waals surface area contributed by atoms with Gasteiger partial charge >= 0.3 is 5.97 Å². The fraction of sp³-hybridized carbons (Fsp3) is 0.278. The molecule has 0 radical (unpaired) electrons. The summed E-state index contributed by atoms with van der Waals surface area (Å²) in [6.45, 7) is 0.0516. The first-order valence-electron chi connectivity index (χ1n) is 7.95. The number of halogens is 2. The molecule has 0 spiro atoms. The van der Waals surface area contributed by atoms with Crippen LogP contribution in [0.15, 0.2) is 47.4 Å². The summed E-state index contributed by atoms with van der Waals surface area (Å²) in [5, 5.41) is -0.0893. The van der Waals surface area contributed by atoms with Crippen LogP contribution in [0.25, 0.3) is 0 Å². The zero-order valence-corrected chi connectivity index (χ0v) is 16.6. The van der Waals surface area contributed by atoms with Crippen LogP contribution in [0, 0.1) is 5.82 Å². The van der Waals surface area contributed by atoms with Crippen LogP contribution < -0.4 is 4.72 Å². The van der Waals surface area contributed by atoms with Gasteiger partial charge in [0.05, 0.1) is 17.7 Å². The van der Waals surface area contributed by atoms with Crippen molar-refractivity contribution in [3.05, 3.63) is 64.4 Å². The minimum Gasteiger partial charge on any atom is -0.465 e. The number of carbonyl (C=O) groups is 1. The van der Waals surface area contributed by atoms with Crippen LogP contribution in [0.5, 0.6) is 0 Å². The third-order valence-corrected chi connectivity index (χ3v) is 5.89. The molecule has 27 heavy (non-hydrogen) atoms. The molecular weight excluding hydrogens is 395 g/mol. The van der Waals surface area contributed by atoms with Crippen LogP contribution in [0.4, 0.5) is 4.39 Å². The Labute approximate surface area is 162 Å². The van der Waals surface area contributed by atoms with E-state index in [1.807, 2.05) is 4.90 Å². The van der Waals surface area contributed by atoms with Gasteiger partial charge in [-0.25, -0.2) is 22.3 Å². The molecule has 1 atom stereocenters. The van der Waals surface area contributed by atoms with E-state index in [-0.39, 0.29) is 33.9 Å². The van der Waals surface area contributed by atoms with Crippen molar-refractivity contribution >= 4 is 27.6 Å². The number of methoxy groups -OCH3 is 1. The smallest absolute Gasteiger partial charge is 0.337 e. The molecule has 0 aromatic heterocycles. The number of hydrogen-bond donors (Lipinski definition) is 1. The third kappa shape index (κ3) is 5.26. The lowest BCUT2D eigenvalue weighted by molar-refractivity contribution is 0.0600. The second-order valence-corrected chi connectivity index (χ2v) is 8.16. The monoisotopic (exact) mass is 414 g/mol. The number of ether oxygens (including phenoxy) is 1. The van der Waals surface area contributed by atoms with Crippen LogP contribution >= 0.6 is 11.6 Å². The van der Waals surface area contributed by atoms with E-state index in [2.05, 4.69) is 9.46 Å². The number of likely N-dealkylation sites (N-methyl/N-ethyl adjacent to an activating group) is 1. The summed E-state index contributed by atoms with van der Waals surface area (Å²) in [6, 6.07) is 9.36. The summed E-state index contributed by atoms with van der Waals surface area (Å²) in [6.07, 6.45) is 0. The number of esters is 1. The van der Waals surface area contributed by atoms with Crippen LogP contribution in [-0.2, 0) is 14.8 Å². The zero-order valence-electron chi connectivity index (χ0n) is 15.1. The standard InChI is InChI=1S/C18H20ClFN2O4S/c1-22(2)16(12-4-7-14(20)8-5-12)11-21-27(24,25)17-9-6-13(10-15(17)19)18(23)26-3/h4-10,16,21H,11H2,1-3H3. The molecule has 0 fully saturated rings. The molecule has 6 nitrogen and oxygen atoms in total. The van der Waals surface area contributed by atoms with Gasteiger partial charge in [-0.1, -0.05) is 23.7 Å². The molecular formula is C18H20ClFN2O4S. The molecule has 0 bridgehead atoms. The van der Waals surface area contributed by atoms with Crippen molar-refractivity contribution in [2.75, 3.05) is 27.7 Å². The van der Waals surface area contributed by atoms with Gasteiger partial charge in [0.2, 0.25) is 10.0 Å². The molecule has 2 aromatic carbocycles.